The molecule has 1 aromatic heterocycles. The standard InChI is InChI=1S/C15H17BrN2O2S/c1-9(2)8-20-6-5-18-15(19)14-13(17)11-4-3-10(16)7-12(11)21-14/h3-4,7H,1,5-6,8,17H2,2H3,(H,18,19). The van der Waals surface area contributed by atoms with Crippen LogP contribution in [0.3, 0.4) is 0 Å². The molecule has 1 amide bonds. The van der Waals surface area contributed by atoms with E-state index >= 15 is 0 Å². The third-order valence-electron chi connectivity index (χ3n) is 2.78. The fraction of sp³-hybridized carbons (Fsp3) is 0.267. The maximum atomic E-state index is 12.2. The molecule has 3 N–H and O–H groups in total. The third-order valence-corrected chi connectivity index (χ3v) is 4.44. The van der Waals surface area contributed by atoms with Gasteiger partial charge >= 0.3 is 0 Å². The molecule has 2 rings (SSSR count). The summed E-state index contributed by atoms with van der Waals surface area (Å²) in [6, 6.07) is 5.79. The highest BCUT2D eigenvalue weighted by Crippen LogP contribution is 2.35. The number of benzene rings is 1. The molecule has 112 valence electrons. The first-order valence-corrected chi connectivity index (χ1v) is 8.08. The summed E-state index contributed by atoms with van der Waals surface area (Å²) in [7, 11) is 0. The molecule has 0 atom stereocenters. The van der Waals surface area contributed by atoms with Crippen molar-refractivity contribution in [2.45, 2.75) is 6.92 Å². The van der Waals surface area contributed by atoms with Crippen LogP contribution >= 0.6 is 27.3 Å². The van der Waals surface area contributed by atoms with Crippen LogP contribution in [0.15, 0.2) is 34.8 Å². The number of fused-ring (bicyclic) bond motifs is 1. The number of halogens is 1. The normalized spacial score (nSPS) is 10.8. The Bertz CT molecular complexity index is 682. The van der Waals surface area contributed by atoms with Gasteiger partial charge in [0.1, 0.15) is 4.88 Å². The van der Waals surface area contributed by atoms with Crippen molar-refractivity contribution in [1.29, 1.82) is 0 Å². The number of rotatable bonds is 6. The number of carbonyl (C=O) groups is 1. The van der Waals surface area contributed by atoms with Crippen molar-refractivity contribution < 1.29 is 9.53 Å². The van der Waals surface area contributed by atoms with E-state index in [1.807, 2.05) is 25.1 Å². The van der Waals surface area contributed by atoms with Gasteiger partial charge in [0.15, 0.2) is 0 Å². The van der Waals surface area contributed by atoms with Gasteiger partial charge in [-0.3, -0.25) is 4.79 Å². The molecule has 0 aliphatic heterocycles. The van der Waals surface area contributed by atoms with Gasteiger partial charge in [0.2, 0.25) is 0 Å². The second kappa shape index (κ2) is 7.06. The summed E-state index contributed by atoms with van der Waals surface area (Å²) in [4.78, 5) is 12.7. The summed E-state index contributed by atoms with van der Waals surface area (Å²) in [6.07, 6.45) is 0. The van der Waals surface area contributed by atoms with Crippen LogP contribution in [0.5, 0.6) is 0 Å². The third kappa shape index (κ3) is 4.06. The molecule has 21 heavy (non-hydrogen) atoms. The maximum absolute atomic E-state index is 12.2. The maximum Gasteiger partial charge on any atom is 0.263 e. The summed E-state index contributed by atoms with van der Waals surface area (Å²) in [5.74, 6) is -0.163. The van der Waals surface area contributed by atoms with Crippen molar-refractivity contribution in [1.82, 2.24) is 5.32 Å². The highest BCUT2D eigenvalue weighted by atomic mass is 79.9. The molecule has 0 saturated heterocycles. The van der Waals surface area contributed by atoms with Gasteiger partial charge < -0.3 is 15.8 Å². The van der Waals surface area contributed by atoms with Crippen LogP contribution in [0.25, 0.3) is 10.1 Å². The second-order valence-electron chi connectivity index (χ2n) is 4.75. The van der Waals surface area contributed by atoms with Gasteiger partial charge in [0.05, 0.1) is 18.9 Å². The Morgan fingerprint density at radius 3 is 3.00 bits per heavy atom. The first kappa shape index (κ1) is 16.0. The molecule has 1 heterocycles. The van der Waals surface area contributed by atoms with Gasteiger partial charge in [0.25, 0.3) is 5.91 Å². The quantitative estimate of drug-likeness (QED) is 0.604. The van der Waals surface area contributed by atoms with Crippen LogP contribution in [0.1, 0.15) is 16.6 Å². The molecule has 0 saturated carbocycles. The van der Waals surface area contributed by atoms with Crippen molar-refractivity contribution in [3.8, 4) is 0 Å². The molecule has 0 aliphatic carbocycles. The van der Waals surface area contributed by atoms with Crippen LogP contribution < -0.4 is 11.1 Å². The lowest BCUT2D eigenvalue weighted by Gasteiger charge is -2.05. The van der Waals surface area contributed by atoms with E-state index in [9.17, 15) is 4.79 Å². The predicted octanol–water partition coefficient (Wildman–Crippen LogP) is 3.57. The summed E-state index contributed by atoms with van der Waals surface area (Å²) in [5, 5.41) is 3.72. The molecule has 0 radical (unpaired) electrons. The Morgan fingerprint density at radius 1 is 1.52 bits per heavy atom. The smallest absolute Gasteiger partial charge is 0.263 e. The van der Waals surface area contributed by atoms with E-state index < -0.39 is 0 Å². The Hall–Kier alpha value is -1.37. The molecule has 1 aromatic carbocycles. The first-order chi connectivity index (χ1) is 9.99. The van der Waals surface area contributed by atoms with Crippen LogP contribution in [-0.4, -0.2) is 25.7 Å². The molecule has 0 bridgehead atoms. The number of nitrogens with one attached hydrogen (secondary N) is 1. The lowest BCUT2D eigenvalue weighted by atomic mass is 10.2. The van der Waals surface area contributed by atoms with E-state index in [0.29, 0.717) is 30.3 Å². The molecule has 4 nitrogen and oxygen atoms in total. The molecule has 0 unspecified atom stereocenters. The number of thiophene rings is 1. The largest absolute Gasteiger partial charge is 0.397 e. The highest BCUT2D eigenvalue weighted by Gasteiger charge is 2.16. The number of ether oxygens (including phenoxy) is 1. The Balaban J connectivity index is 1.99. The van der Waals surface area contributed by atoms with Crippen LogP contribution in [0, 0.1) is 0 Å². The fourth-order valence-corrected chi connectivity index (χ4v) is 3.41. The zero-order valence-electron chi connectivity index (χ0n) is 11.7. The second-order valence-corrected chi connectivity index (χ2v) is 6.72. The van der Waals surface area contributed by atoms with E-state index in [-0.39, 0.29) is 5.91 Å². The van der Waals surface area contributed by atoms with E-state index in [1.165, 1.54) is 11.3 Å². The van der Waals surface area contributed by atoms with E-state index in [0.717, 1.165) is 20.1 Å². The number of hydrogen-bond donors (Lipinski definition) is 2. The summed E-state index contributed by atoms with van der Waals surface area (Å²) >= 11 is 4.81. The Kier molecular flexibility index (Phi) is 5.39. The average Bonchev–Trinajstić information content (AvgIpc) is 2.74. The van der Waals surface area contributed by atoms with E-state index in [1.54, 1.807) is 0 Å². The van der Waals surface area contributed by atoms with Crippen molar-refractivity contribution in [2.24, 2.45) is 0 Å². The lowest BCUT2D eigenvalue weighted by Crippen LogP contribution is -2.27. The lowest BCUT2D eigenvalue weighted by molar-refractivity contribution is 0.0931. The molecular weight excluding hydrogens is 352 g/mol. The van der Waals surface area contributed by atoms with Crippen LogP contribution in [0.2, 0.25) is 0 Å². The number of amides is 1. The van der Waals surface area contributed by atoms with Gasteiger partial charge in [-0.15, -0.1) is 11.3 Å². The zero-order valence-corrected chi connectivity index (χ0v) is 14.1. The number of carbonyl (C=O) groups excluding carboxylic acids is 1. The van der Waals surface area contributed by atoms with E-state index in [2.05, 4.69) is 27.8 Å². The number of nitrogens with two attached hydrogens (primary N) is 1. The van der Waals surface area contributed by atoms with Gasteiger partial charge in [-0.2, -0.15) is 0 Å². The van der Waals surface area contributed by atoms with Crippen molar-refractivity contribution in [3.05, 3.63) is 39.7 Å². The summed E-state index contributed by atoms with van der Waals surface area (Å²) in [5.41, 5.74) is 7.54. The van der Waals surface area contributed by atoms with Gasteiger partial charge in [-0.1, -0.05) is 34.1 Å². The molecule has 0 spiro atoms. The molecule has 0 fully saturated rings. The monoisotopic (exact) mass is 368 g/mol. The fourth-order valence-electron chi connectivity index (χ4n) is 1.82. The van der Waals surface area contributed by atoms with Gasteiger partial charge in [-0.05, 0) is 19.1 Å². The van der Waals surface area contributed by atoms with Crippen LogP contribution in [0.4, 0.5) is 5.69 Å². The van der Waals surface area contributed by atoms with Gasteiger partial charge in [0, 0.05) is 21.1 Å². The Morgan fingerprint density at radius 2 is 2.29 bits per heavy atom. The molecule has 6 heteroatoms. The minimum atomic E-state index is -0.163. The van der Waals surface area contributed by atoms with Crippen molar-refractivity contribution in [2.75, 3.05) is 25.5 Å². The van der Waals surface area contributed by atoms with Crippen LogP contribution in [-0.2, 0) is 4.74 Å². The predicted molar refractivity (Wildman–Crippen MR) is 91.9 cm³/mol. The summed E-state index contributed by atoms with van der Waals surface area (Å²) in [6.45, 7) is 7.05. The van der Waals surface area contributed by atoms with Crippen molar-refractivity contribution in [3.63, 3.8) is 0 Å². The topological polar surface area (TPSA) is 64.3 Å². The molecule has 0 aliphatic rings. The molecular formula is C15H17BrN2O2S. The van der Waals surface area contributed by atoms with E-state index in [4.69, 9.17) is 10.5 Å². The minimum absolute atomic E-state index is 0.163. The highest BCUT2D eigenvalue weighted by molar-refractivity contribution is 9.10. The summed E-state index contributed by atoms with van der Waals surface area (Å²) < 4.78 is 7.30. The number of anilines is 1. The average molecular weight is 369 g/mol. The minimum Gasteiger partial charge on any atom is -0.397 e. The van der Waals surface area contributed by atoms with Crippen molar-refractivity contribution >= 4 is 48.9 Å². The van der Waals surface area contributed by atoms with Gasteiger partial charge in [-0.25, -0.2) is 0 Å². The first-order valence-electron chi connectivity index (χ1n) is 6.47. The SMILES string of the molecule is C=C(C)COCCNC(=O)c1sc2cc(Br)ccc2c1N. The number of nitrogen functional groups attached to an aromatic ring is 1. The number of hydrogen-bond acceptors (Lipinski definition) is 4. The Labute approximate surface area is 136 Å². The zero-order chi connectivity index (χ0) is 15.4. The molecule has 2 aromatic rings.